The fraction of sp³-hybridized carbons (Fsp3) is 0.133. The third kappa shape index (κ3) is 4.40. The van der Waals surface area contributed by atoms with Crippen LogP contribution in [0.5, 0.6) is 0 Å². The van der Waals surface area contributed by atoms with Crippen LogP contribution in [0.25, 0.3) is 0 Å². The number of benzene rings is 2. The van der Waals surface area contributed by atoms with E-state index in [-0.39, 0.29) is 5.91 Å². The van der Waals surface area contributed by atoms with Crippen LogP contribution in [-0.2, 0) is 4.79 Å². The molecule has 1 N–H and O–H groups in total. The highest BCUT2D eigenvalue weighted by Crippen LogP contribution is 2.22. The summed E-state index contributed by atoms with van der Waals surface area (Å²) in [7, 11) is 0. The number of hydrogen-bond donors (Lipinski definition) is 1. The van der Waals surface area contributed by atoms with E-state index in [4.69, 9.17) is 0 Å². The summed E-state index contributed by atoms with van der Waals surface area (Å²) in [4.78, 5) is 13.0. The first-order valence-electron chi connectivity index (χ1n) is 5.89. The first-order chi connectivity index (χ1) is 9.15. The molecule has 0 aliphatic rings. The molecule has 4 heteroatoms. The standard InChI is InChI=1S/C15H14BrNOS/c1-11-4-2-3-5-14(11)19-10-15(18)17-13-8-6-12(16)7-9-13/h2-9H,10H2,1H3,(H,17,18). The second kappa shape index (κ2) is 6.78. The smallest absolute Gasteiger partial charge is 0.234 e. The lowest BCUT2D eigenvalue weighted by atomic mass is 10.2. The summed E-state index contributed by atoms with van der Waals surface area (Å²) in [5, 5.41) is 2.88. The van der Waals surface area contributed by atoms with E-state index in [0.717, 1.165) is 15.1 Å². The largest absolute Gasteiger partial charge is 0.325 e. The fourth-order valence-corrected chi connectivity index (χ4v) is 2.69. The van der Waals surface area contributed by atoms with Crippen LogP contribution in [-0.4, -0.2) is 11.7 Å². The van der Waals surface area contributed by atoms with Crippen LogP contribution < -0.4 is 5.32 Å². The molecule has 0 saturated carbocycles. The van der Waals surface area contributed by atoms with Crippen LogP contribution in [0.2, 0.25) is 0 Å². The molecule has 2 rings (SSSR count). The second-order valence-corrected chi connectivity index (χ2v) is 6.04. The SMILES string of the molecule is Cc1ccccc1SCC(=O)Nc1ccc(Br)cc1. The van der Waals surface area contributed by atoms with Crippen molar-refractivity contribution >= 4 is 39.3 Å². The Hall–Kier alpha value is -1.26. The number of aryl methyl sites for hydroxylation is 1. The lowest BCUT2D eigenvalue weighted by Gasteiger charge is -2.06. The van der Waals surface area contributed by atoms with Gasteiger partial charge in [0.15, 0.2) is 0 Å². The van der Waals surface area contributed by atoms with Gasteiger partial charge in [-0.15, -0.1) is 11.8 Å². The minimum Gasteiger partial charge on any atom is -0.325 e. The molecule has 0 unspecified atom stereocenters. The molecule has 2 aromatic carbocycles. The fourth-order valence-electron chi connectivity index (χ4n) is 1.59. The van der Waals surface area contributed by atoms with Gasteiger partial charge in [0, 0.05) is 15.1 Å². The highest BCUT2D eigenvalue weighted by Gasteiger charge is 2.05. The highest BCUT2D eigenvalue weighted by atomic mass is 79.9. The lowest BCUT2D eigenvalue weighted by Crippen LogP contribution is -2.13. The average molecular weight is 336 g/mol. The number of thioether (sulfide) groups is 1. The van der Waals surface area contributed by atoms with Gasteiger partial charge < -0.3 is 5.32 Å². The second-order valence-electron chi connectivity index (χ2n) is 4.11. The van der Waals surface area contributed by atoms with Crippen molar-refractivity contribution in [3.8, 4) is 0 Å². The predicted molar refractivity (Wildman–Crippen MR) is 84.7 cm³/mol. The van der Waals surface area contributed by atoms with Gasteiger partial charge in [0.25, 0.3) is 0 Å². The molecule has 0 spiro atoms. The molecule has 2 nitrogen and oxygen atoms in total. The van der Waals surface area contributed by atoms with E-state index >= 15 is 0 Å². The van der Waals surface area contributed by atoms with E-state index in [1.165, 1.54) is 5.56 Å². The number of amides is 1. The Balaban J connectivity index is 1.88. The number of nitrogens with one attached hydrogen (secondary N) is 1. The topological polar surface area (TPSA) is 29.1 Å². The molecule has 0 aliphatic heterocycles. The van der Waals surface area contributed by atoms with Crippen molar-refractivity contribution < 1.29 is 4.79 Å². The van der Waals surface area contributed by atoms with Crippen molar-refractivity contribution in [2.75, 3.05) is 11.1 Å². The molecule has 0 aromatic heterocycles. The van der Waals surface area contributed by atoms with Gasteiger partial charge in [0.2, 0.25) is 5.91 Å². The van der Waals surface area contributed by atoms with Gasteiger partial charge in [-0.2, -0.15) is 0 Å². The summed E-state index contributed by atoms with van der Waals surface area (Å²) in [6, 6.07) is 15.6. The zero-order valence-electron chi connectivity index (χ0n) is 10.5. The maximum absolute atomic E-state index is 11.8. The molecule has 0 heterocycles. The van der Waals surface area contributed by atoms with Crippen molar-refractivity contribution in [1.82, 2.24) is 0 Å². The average Bonchev–Trinajstić information content (AvgIpc) is 2.40. The number of carbonyl (C=O) groups excluding carboxylic acids is 1. The summed E-state index contributed by atoms with van der Waals surface area (Å²) >= 11 is 4.92. The molecule has 2 aromatic rings. The first-order valence-corrected chi connectivity index (χ1v) is 7.67. The first kappa shape index (κ1) is 14.2. The lowest BCUT2D eigenvalue weighted by molar-refractivity contribution is -0.113. The maximum atomic E-state index is 11.8. The molecular weight excluding hydrogens is 322 g/mol. The summed E-state index contributed by atoms with van der Waals surface area (Å²) in [6.07, 6.45) is 0. The van der Waals surface area contributed by atoms with Crippen molar-refractivity contribution in [1.29, 1.82) is 0 Å². The third-order valence-electron chi connectivity index (χ3n) is 2.58. The van der Waals surface area contributed by atoms with Crippen molar-refractivity contribution in [2.24, 2.45) is 0 Å². The Kier molecular flexibility index (Phi) is 5.05. The van der Waals surface area contributed by atoms with E-state index in [1.54, 1.807) is 11.8 Å². The molecule has 98 valence electrons. The Morgan fingerprint density at radius 2 is 1.84 bits per heavy atom. The van der Waals surface area contributed by atoms with Crippen LogP contribution >= 0.6 is 27.7 Å². The van der Waals surface area contributed by atoms with Crippen LogP contribution in [0, 0.1) is 6.92 Å². The quantitative estimate of drug-likeness (QED) is 0.834. The van der Waals surface area contributed by atoms with Gasteiger partial charge in [-0.25, -0.2) is 0 Å². The summed E-state index contributed by atoms with van der Waals surface area (Å²) in [5.41, 5.74) is 2.02. The van der Waals surface area contributed by atoms with Crippen molar-refractivity contribution in [2.45, 2.75) is 11.8 Å². The monoisotopic (exact) mass is 335 g/mol. The van der Waals surface area contributed by atoms with Gasteiger partial charge in [0.1, 0.15) is 0 Å². The normalized spacial score (nSPS) is 10.2. The zero-order valence-corrected chi connectivity index (χ0v) is 12.9. The number of halogens is 1. The van der Waals surface area contributed by atoms with Gasteiger partial charge >= 0.3 is 0 Å². The molecule has 1 amide bonds. The predicted octanol–water partition coefficient (Wildman–Crippen LogP) is 4.49. The molecule has 0 radical (unpaired) electrons. The summed E-state index contributed by atoms with van der Waals surface area (Å²) in [5.74, 6) is 0.427. The van der Waals surface area contributed by atoms with E-state index < -0.39 is 0 Å². The zero-order chi connectivity index (χ0) is 13.7. The third-order valence-corrected chi connectivity index (χ3v) is 4.28. The Morgan fingerprint density at radius 1 is 1.16 bits per heavy atom. The molecule has 0 bridgehead atoms. The van der Waals surface area contributed by atoms with Crippen LogP contribution in [0.15, 0.2) is 57.9 Å². The van der Waals surface area contributed by atoms with Crippen LogP contribution in [0.4, 0.5) is 5.69 Å². The Bertz CT molecular complexity index is 569. The highest BCUT2D eigenvalue weighted by molar-refractivity contribution is 9.10. The molecule has 0 atom stereocenters. The van der Waals surface area contributed by atoms with Crippen molar-refractivity contribution in [3.63, 3.8) is 0 Å². The van der Waals surface area contributed by atoms with E-state index in [9.17, 15) is 4.79 Å². The molecule has 19 heavy (non-hydrogen) atoms. The Morgan fingerprint density at radius 3 is 2.53 bits per heavy atom. The molecular formula is C15H14BrNOS. The van der Waals surface area contributed by atoms with Gasteiger partial charge in [-0.3, -0.25) is 4.79 Å². The van der Waals surface area contributed by atoms with E-state index in [1.807, 2.05) is 42.5 Å². The molecule has 0 saturated heterocycles. The number of anilines is 1. The van der Waals surface area contributed by atoms with Crippen LogP contribution in [0.3, 0.4) is 0 Å². The van der Waals surface area contributed by atoms with Gasteiger partial charge in [-0.1, -0.05) is 34.1 Å². The van der Waals surface area contributed by atoms with Crippen molar-refractivity contribution in [3.05, 3.63) is 58.6 Å². The van der Waals surface area contributed by atoms with E-state index in [2.05, 4.69) is 34.2 Å². The minimum atomic E-state index is 0.00979. The molecule has 0 fully saturated rings. The number of rotatable bonds is 4. The number of carbonyl (C=O) groups is 1. The van der Waals surface area contributed by atoms with Gasteiger partial charge in [-0.05, 0) is 42.8 Å². The number of hydrogen-bond acceptors (Lipinski definition) is 2. The Labute approximate surface area is 125 Å². The van der Waals surface area contributed by atoms with Crippen LogP contribution in [0.1, 0.15) is 5.56 Å². The maximum Gasteiger partial charge on any atom is 0.234 e. The van der Waals surface area contributed by atoms with E-state index in [0.29, 0.717) is 5.75 Å². The summed E-state index contributed by atoms with van der Waals surface area (Å²) in [6.45, 7) is 2.05. The minimum absolute atomic E-state index is 0.00979. The van der Waals surface area contributed by atoms with Gasteiger partial charge in [0.05, 0.1) is 5.75 Å². The molecule has 0 aliphatic carbocycles. The summed E-state index contributed by atoms with van der Waals surface area (Å²) < 4.78 is 1.000.